The number of Topliss-reactive ketones (excluding diaryl/α,β-unsaturated/α-hetero) is 1. The fraction of sp³-hybridized carbons (Fsp3) is 0.353. The molecular weight excluding hydrogens is 330 g/mol. The lowest BCUT2D eigenvalue weighted by molar-refractivity contribution is -0.180. The van der Waals surface area contributed by atoms with Gasteiger partial charge >= 0.3 is 0 Å². The van der Waals surface area contributed by atoms with E-state index in [1.807, 2.05) is 0 Å². The second-order valence-corrected chi connectivity index (χ2v) is 7.38. The fourth-order valence-corrected chi connectivity index (χ4v) is 3.72. The first-order valence-electron chi connectivity index (χ1n) is 7.82. The van der Waals surface area contributed by atoms with Gasteiger partial charge < -0.3 is 9.47 Å². The molecular formula is C17H19NO5S. The van der Waals surface area contributed by atoms with Crippen molar-refractivity contribution in [3.8, 4) is 0 Å². The second-order valence-electron chi connectivity index (χ2n) is 5.53. The summed E-state index contributed by atoms with van der Waals surface area (Å²) in [4.78, 5) is 12.4. The summed E-state index contributed by atoms with van der Waals surface area (Å²) in [5.74, 6) is -0.130. The maximum Gasteiger partial charge on any atom is 0.267 e. The SMILES string of the molecule is O=C(CCC1OCCCO1)c1ccn(S(=O)(=O)c2ccccc2)c1. The first-order chi connectivity index (χ1) is 11.6. The van der Waals surface area contributed by atoms with Crippen molar-refractivity contribution < 1.29 is 22.7 Å². The molecule has 6 nitrogen and oxygen atoms in total. The molecule has 0 atom stereocenters. The van der Waals surface area contributed by atoms with Crippen molar-refractivity contribution in [1.29, 1.82) is 0 Å². The van der Waals surface area contributed by atoms with Crippen molar-refractivity contribution in [2.24, 2.45) is 0 Å². The molecule has 0 bridgehead atoms. The smallest absolute Gasteiger partial charge is 0.267 e. The molecule has 2 heterocycles. The molecule has 0 aliphatic carbocycles. The minimum atomic E-state index is -3.67. The number of hydrogen-bond donors (Lipinski definition) is 0. The van der Waals surface area contributed by atoms with E-state index in [0.29, 0.717) is 25.2 Å². The standard InChI is InChI=1S/C17H19NO5S/c19-16(7-8-17-22-11-4-12-23-17)14-9-10-18(13-14)24(20,21)15-5-2-1-3-6-15/h1-3,5-6,9-10,13,17H,4,7-8,11-12H2. The molecule has 1 fully saturated rings. The molecule has 0 amide bonds. The van der Waals surface area contributed by atoms with E-state index in [1.165, 1.54) is 30.6 Å². The molecule has 0 radical (unpaired) electrons. The van der Waals surface area contributed by atoms with Crippen LogP contribution in [-0.2, 0) is 19.5 Å². The van der Waals surface area contributed by atoms with E-state index in [4.69, 9.17) is 9.47 Å². The highest BCUT2D eigenvalue weighted by molar-refractivity contribution is 7.90. The summed E-state index contributed by atoms with van der Waals surface area (Å²) in [5.41, 5.74) is 0.366. The van der Waals surface area contributed by atoms with Crippen LogP contribution in [-0.4, -0.2) is 37.7 Å². The maximum absolute atomic E-state index is 12.5. The van der Waals surface area contributed by atoms with Crippen LogP contribution in [0.2, 0.25) is 0 Å². The lowest BCUT2D eigenvalue weighted by Gasteiger charge is -2.22. The van der Waals surface area contributed by atoms with Crippen LogP contribution in [0.25, 0.3) is 0 Å². The van der Waals surface area contributed by atoms with Crippen molar-refractivity contribution in [1.82, 2.24) is 3.97 Å². The topological polar surface area (TPSA) is 74.6 Å². The molecule has 128 valence electrons. The van der Waals surface area contributed by atoms with Gasteiger partial charge in [0.05, 0.1) is 18.1 Å². The van der Waals surface area contributed by atoms with Crippen LogP contribution in [0, 0.1) is 0 Å². The molecule has 0 spiro atoms. The zero-order valence-corrected chi connectivity index (χ0v) is 13.9. The number of benzene rings is 1. The van der Waals surface area contributed by atoms with E-state index in [-0.39, 0.29) is 23.4 Å². The van der Waals surface area contributed by atoms with Crippen LogP contribution in [0.15, 0.2) is 53.7 Å². The summed E-state index contributed by atoms with van der Waals surface area (Å²) < 4.78 is 36.9. The number of hydrogen-bond acceptors (Lipinski definition) is 5. The average Bonchev–Trinajstić information content (AvgIpc) is 3.12. The Morgan fingerprint density at radius 2 is 1.83 bits per heavy atom. The van der Waals surface area contributed by atoms with Crippen LogP contribution in [0.5, 0.6) is 0 Å². The van der Waals surface area contributed by atoms with Gasteiger partial charge in [0.2, 0.25) is 0 Å². The minimum Gasteiger partial charge on any atom is -0.353 e. The van der Waals surface area contributed by atoms with Gasteiger partial charge in [0, 0.05) is 30.8 Å². The Balaban J connectivity index is 1.67. The summed E-state index contributed by atoms with van der Waals surface area (Å²) in [6.45, 7) is 1.29. The molecule has 1 aromatic carbocycles. The molecule has 24 heavy (non-hydrogen) atoms. The highest BCUT2D eigenvalue weighted by Crippen LogP contribution is 2.17. The summed E-state index contributed by atoms with van der Waals surface area (Å²) in [7, 11) is -3.67. The highest BCUT2D eigenvalue weighted by atomic mass is 32.2. The van der Waals surface area contributed by atoms with Crippen LogP contribution in [0.3, 0.4) is 0 Å². The second kappa shape index (κ2) is 7.29. The Kier molecular flexibility index (Phi) is 5.13. The summed E-state index contributed by atoms with van der Waals surface area (Å²) in [5, 5.41) is 0. The van der Waals surface area contributed by atoms with Crippen molar-refractivity contribution in [3.05, 3.63) is 54.4 Å². The van der Waals surface area contributed by atoms with E-state index in [9.17, 15) is 13.2 Å². The molecule has 0 saturated carbocycles. The van der Waals surface area contributed by atoms with E-state index in [0.717, 1.165) is 10.4 Å². The molecule has 0 unspecified atom stereocenters. The first-order valence-corrected chi connectivity index (χ1v) is 9.26. The number of nitrogens with zero attached hydrogens (tertiary/aromatic N) is 1. The lowest BCUT2D eigenvalue weighted by Crippen LogP contribution is -2.25. The Hall–Kier alpha value is -1.96. The van der Waals surface area contributed by atoms with Gasteiger partial charge in [-0.05, 0) is 24.6 Å². The van der Waals surface area contributed by atoms with Crippen LogP contribution < -0.4 is 0 Å². The van der Waals surface area contributed by atoms with E-state index < -0.39 is 10.0 Å². The van der Waals surface area contributed by atoms with E-state index in [1.54, 1.807) is 18.2 Å². The molecule has 3 rings (SSSR count). The lowest BCUT2D eigenvalue weighted by atomic mass is 10.1. The van der Waals surface area contributed by atoms with E-state index >= 15 is 0 Å². The zero-order chi connectivity index (χ0) is 17.0. The monoisotopic (exact) mass is 349 g/mol. The van der Waals surface area contributed by atoms with Gasteiger partial charge in [-0.1, -0.05) is 18.2 Å². The third-order valence-electron chi connectivity index (χ3n) is 3.81. The molecule has 1 aromatic heterocycles. The largest absolute Gasteiger partial charge is 0.353 e. The van der Waals surface area contributed by atoms with Gasteiger partial charge in [-0.3, -0.25) is 4.79 Å². The Bertz CT molecular complexity index is 791. The minimum absolute atomic E-state index is 0.130. The van der Waals surface area contributed by atoms with Gasteiger partial charge in [0.1, 0.15) is 0 Å². The molecule has 7 heteroatoms. The summed E-state index contributed by atoms with van der Waals surface area (Å²) >= 11 is 0. The van der Waals surface area contributed by atoms with Gasteiger partial charge in [0.15, 0.2) is 12.1 Å². The fourth-order valence-electron chi connectivity index (χ4n) is 2.50. The molecule has 0 N–H and O–H groups in total. The quantitative estimate of drug-likeness (QED) is 0.749. The summed E-state index contributed by atoms with van der Waals surface area (Å²) in [6, 6.07) is 9.63. The molecule has 1 aliphatic heterocycles. The Labute approximate surface area is 141 Å². The number of carbonyl (C=O) groups excluding carboxylic acids is 1. The predicted octanol–water partition coefficient (Wildman–Crippen LogP) is 2.45. The number of aromatic nitrogens is 1. The molecule has 1 aliphatic rings. The van der Waals surface area contributed by atoms with E-state index in [2.05, 4.69) is 0 Å². The number of rotatable bonds is 6. The zero-order valence-electron chi connectivity index (χ0n) is 13.1. The van der Waals surface area contributed by atoms with Crippen molar-refractivity contribution in [3.63, 3.8) is 0 Å². The van der Waals surface area contributed by atoms with Crippen molar-refractivity contribution in [2.75, 3.05) is 13.2 Å². The number of ether oxygens (including phenoxy) is 2. The molecule has 2 aromatic rings. The van der Waals surface area contributed by atoms with Crippen molar-refractivity contribution >= 4 is 15.8 Å². The van der Waals surface area contributed by atoms with Gasteiger partial charge in [-0.2, -0.15) is 0 Å². The van der Waals surface area contributed by atoms with Gasteiger partial charge in [-0.15, -0.1) is 0 Å². The van der Waals surface area contributed by atoms with Gasteiger partial charge in [0.25, 0.3) is 10.0 Å². The van der Waals surface area contributed by atoms with Crippen LogP contribution in [0.1, 0.15) is 29.6 Å². The molecule has 1 saturated heterocycles. The highest BCUT2D eigenvalue weighted by Gasteiger charge is 2.20. The normalized spacial score (nSPS) is 16.2. The maximum atomic E-state index is 12.5. The predicted molar refractivity (Wildman–Crippen MR) is 87.3 cm³/mol. The third-order valence-corrected chi connectivity index (χ3v) is 5.46. The summed E-state index contributed by atoms with van der Waals surface area (Å²) in [6.07, 6.45) is 3.98. The average molecular weight is 349 g/mol. The van der Waals surface area contributed by atoms with Crippen LogP contribution >= 0.6 is 0 Å². The van der Waals surface area contributed by atoms with Crippen LogP contribution in [0.4, 0.5) is 0 Å². The van der Waals surface area contributed by atoms with Gasteiger partial charge in [-0.25, -0.2) is 12.4 Å². The first kappa shape index (κ1) is 16.9. The number of ketones is 1. The Morgan fingerprint density at radius 3 is 2.54 bits per heavy atom. The van der Waals surface area contributed by atoms with Crippen molar-refractivity contribution in [2.45, 2.75) is 30.4 Å². The number of carbonyl (C=O) groups is 1. The third kappa shape index (κ3) is 3.75. The Morgan fingerprint density at radius 1 is 1.12 bits per heavy atom.